The van der Waals surface area contributed by atoms with Crippen molar-refractivity contribution in [2.24, 2.45) is 5.16 Å². The summed E-state index contributed by atoms with van der Waals surface area (Å²) in [6, 6.07) is 8.56. The molecular weight excluding hydrogens is 218 g/mol. The number of hydrogen-bond donors (Lipinski definition) is 0. The second kappa shape index (κ2) is 5.03. The first-order valence-corrected chi connectivity index (χ1v) is 5.00. The molecule has 1 aliphatic rings. The lowest BCUT2D eigenvalue weighted by Gasteiger charge is -1.99. The molecule has 0 aliphatic heterocycles. The van der Waals surface area contributed by atoms with Crippen LogP contribution in [0.3, 0.4) is 0 Å². The van der Waals surface area contributed by atoms with Gasteiger partial charge >= 0.3 is 5.97 Å². The number of allylic oxidation sites excluding steroid dienone is 4. The van der Waals surface area contributed by atoms with Gasteiger partial charge in [0.15, 0.2) is 5.78 Å². The summed E-state index contributed by atoms with van der Waals surface area (Å²) >= 11 is 0. The summed E-state index contributed by atoms with van der Waals surface area (Å²) in [5, 5.41) is 3.64. The van der Waals surface area contributed by atoms with Crippen LogP contribution in [0, 0.1) is 0 Å². The van der Waals surface area contributed by atoms with E-state index in [1.807, 2.05) is 0 Å². The summed E-state index contributed by atoms with van der Waals surface area (Å²) in [7, 11) is 0. The number of rotatable bonds is 2. The molecule has 84 valence electrons. The Bertz CT molecular complexity index is 509. The van der Waals surface area contributed by atoms with Gasteiger partial charge in [0.25, 0.3) is 0 Å². The molecule has 0 unspecified atom stereocenters. The minimum absolute atomic E-state index is 0.113. The highest BCUT2D eigenvalue weighted by Gasteiger charge is 2.06. The molecule has 4 nitrogen and oxygen atoms in total. The van der Waals surface area contributed by atoms with Crippen LogP contribution in [0.5, 0.6) is 0 Å². The molecule has 1 aliphatic carbocycles. The molecule has 0 spiro atoms. The number of ketones is 1. The molecule has 0 heterocycles. The maximum Gasteiger partial charge on any atom is 0.365 e. The Labute approximate surface area is 97.9 Å². The molecule has 0 radical (unpaired) electrons. The Balaban J connectivity index is 2.02. The normalized spacial score (nSPS) is 13.6. The van der Waals surface area contributed by atoms with Crippen LogP contribution in [0.15, 0.2) is 59.8 Å². The Hall–Kier alpha value is -2.49. The van der Waals surface area contributed by atoms with Crippen LogP contribution in [0.4, 0.5) is 0 Å². The monoisotopic (exact) mass is 227 g/mol. The first kappa shape index (κ1) is 11.0. The van der Waals surface area contributed by atoms with Crippen LogP contribution >= 0.6 is 0 Å². The lowest BCUT2D eigenvalue weighted by Crippen LogP contribution is -2.04. The van der Waals surface area contributed by atoms with Crippen LogP contribution < -0.4 is 0 Å². The van der Waals surface area contributed by atoms with E-state index in [2.05, 4.69) is 5.16 Å². The highest BCUT2D eigenvalue weighted by Crippen LogP contribution is 2.02. The highest BCUT2D eigenvalue weighted by atomic mass is 16.7. The zero-order valence-corrected chi connectivity index (χ0v) is 8.87. The van der Waals surface area contributed by atoms with Crippen LogP contribution in [0.2, 0.25) is 0 Å². The number of carbonyl (C=O) groups excluding carboxylic acids is 2. The van der Waals surface area contributed by atoms with Gasteiger partial charge in [-0.15, -0.1) is 0 Å². The first-order chi connectivity index (χ1) is 8.25. The van der Waals surface area contributed by atoms with Crippen molar-refractivity contribution in [3.8, 4) is 0 Å². The molecule has 0 N–H and O–H groups in total. The molecule has 2 rings (SSSR count). The fraction of sp³-hybridized carbons (Fsp3) is 0. The minimum Gasteiger partial charge on any atom is -0.312 e. The number of hydrogen-bond acceptors (Lipinski definition) is 4. The van der Waals surface area contributed by atoms with Gasteiger partial charge in [0.05, 0.1) is 5.56 Å². The van der Waals surface area contributed by atoms with Crippen LogP contribution in [-0.2, 0) is 9.63 Å². The van der Waals surface area contributed by atoms with E-state index >= 15 is 0 Å². The second-order valence-electron chi connectivity index (χ2n) is 3.33. The standard InChI is InChI=1S/C13H9NO3/c15-12-8-6-11(7-9-12)14-17-13(16)10-4-2-1-3-5-10/h1-9H. The number of oxime groups is 1. The van der Waals surface area contributed by atoms with E-state index in [-0.39, 0.29) is 5.78 Å². The SMILES string of the molecule is O=C1C=CC(=NOC(=O)c2ccccc2)C=C1. The summed E-state index contributed by atoms with van der Waals surface area (Å²) in [6.45, 7) is 0. The van der Waals surface area contributed by atoms with E-state index < -0.39 is 5.97 Å². The third-order valence-electron chi connectivity index (χ3n) is 2.08. The summed E-state index contributed by atoms with van der Waals surface area (Å²) in [5.41, 5.74) is 0.852. The third kappa shape index (κ3) is 2.98. The van der Waals surface area contributed by atoms with E-state index in [1.165, 1.54) is 24.3 Å². The lowest BCUT2D eigenvalue weighted by atomic mass is 10.2. The van der Waals surface area contributed by atoms with Crippen molar-refractivity contribution >= 4 is 17.5 Å². The topological polar surface area (TPSA) is 55.7 Å². The molecule has 0 amide bonds. The molecule has 4 heteroatoms. The van der Waals surface area contributed by atoms with Gasteiger partial charge in [-0.3, -0.25) is 4.79 Å². The molecule has 0 atom stereocenters. The molecule has 1 aromatic rings. The Morgan fingerprint density at radius 3 is 2.29 bits per heavy atom. The fourth-order valence-corrected chi connectivity index (χ4v) is 1.23. The zero-order chi connectivity index (χ0) is 12.1. The van der Waals surface area contributed by atoms with Crippen LogP contribution in [-0.4, -0.2) is 17.5 Å². The summed E-state index contributed by atoms with van der Waals surface area (Å²) in [6.07, 6.45) is 5.69. The highest BCUT2D eigenvalue weighted by molar-refractivity contribution is 6.16. The van der Waals surface area contributed by atoms with Gasteiger partial charge < -0.3 is 4.84 Å². The molecule has 0 saturated heterocycles. The van der Waals surface area contributed by atoms with Gasteiger partial charge in [0.1, 0.15) is 5.71 Å². The largest absolute Gasteiger partial charge is 0.365 e. The molecule has 0 bridgehead atoms. The maximum atomic E-state index is 11.5. The van der Waals surface area contributed by atoms with E-state index in [1.54, 1.807) is 30.3 Å². The number of nitrogens with zero attached hydrogens (tertiary/aromatic N) is 1. The molecule has 17 heavy (non-hydrogen) atoms. The van der Waals surface area contributed by atoms with Gasteiger partial charge in [-0.25, -0.2) is 4.79 Å². The summed E-state index contributed by atoms with van der Waals surface area (Å²) < 4.78 is 0. The molecule has 0 saturated carbocycles. The van der Waals surface area contributed by atoms with Crippen molar-refractivity contribution in [2.45, 2.75) is 0 Å². The molecule has 0 aromatic heterocycles. The fourth-order valence-electron chi connectivity index (χ4n) is 1.23. The third-order valence-corrected chi connectivity index (χ3v) is 2.08. The second-order valence-corrected chi connectivity index (χ2v) is 3.33. The van der Waals surface area contributed by atoms with Gasteiger partial charge in [0, 0.05) is 0 Å². The summed E-state index contributed by atoms with van der Waals surface area (Å²) in [5.74, 6) is -0.643. The predicted octanol–water partition coefficient (Wildman–Crippen LogP) is 1.89. The predicted molar refractivity (Wildman–Crippen MR) is 62.6 cm³/mol. The number of carbonyl (C=O) groups is 2. The van der Waals surface area contributed by atoms with Crippen molar-refractivity contribution in [1.29, 1.82) is 0 Å². The van der Waals surface area contributed by atoms with E-state index in [0.29, 0.717) is 11.3 Å². The minimum atomic E-state index is -0.531. The quantitative estimate of drug-likeness (QED) is 0.440. The van der Waals surface area contributed by atoms with Gasteiger partial charge in [-0.2, -0.15) is 0 Å². The maximum absolute atomic E-state index is 11.5. The Kier molecular flexibility index (Phi) is 3.25. The molecular formula is C13H9NO3. The van der Waals surface area contributed by atoms with Crippen LogP contribution in [0.25, 0.3) is 0 Å². The molecule has 1 aromatic carbocycles. The van der Waals surface area contributed by atoms with Gasteiger partial charge in [-0.1, -0.05) is 23.4 Å². The first-order valence-electron chi connectivity index (χ1n) is 5.00. The van der Waals surface area contributed by atoms with Crippen molar-refractivity contribution in [3.63, 3.8) is 0 Å². The van der Waals surface area contributed by atoms with Gasteiger partial charge in [0.2, 0.25) is 0 Å². The average Bonchev–Trinajstić information content (AvgIpc) is 2.39. The lowest BCUT2D eigenvalue weighted by molar-refractivity contribution is -0.110. The Morgan fingerprint density at radius 2 is 1.65 bits per heavy atom. The number of benzene rings is 1. The summed E-state index contributed by atoms with van der Waals surface area (Å²) in [4.78, 5) is 27.1. The van der Waals surface area contributed by atoms with Crippen molar-refractivity contribution in [3.05, 3.63) is 60.2 Å². The smallest absolute Gasteiger partial charge is 0.312 e. The van der Waals surface area contributed by atoms with E-state index in [0.717, 1.165) is 0 Å². The van der Waals surface area contributed by atoms with E-state index in [9.17, 15) is 9.59 Å². The van der Waals surface area contributed by atoms with Gasteiger partial charge in [-0.05, 0) is 36.4 Å². The van der Waals surface area contributed by atoms with Crippen molar-refractivity contribution in [1.82, 2.24) is 0 Å². The average molecular weight is 227 g/mol. The van der Waals surface area contributed by atoms with Crippen molar-refractivity contribution < 1.29 is 14.4 Å². The van der Waals surface area contributed by atoms with Crippen molar-refractivity contribution in [2.75, 3.05) is 0 Å². The molecule has 0 fully saturated rings. The van der Waals surface area contributed by atoms with E-state index in [4.69, 9.17) is 4.84 Å². The Morgan fingerprint density at radius 1 is 1.00 bits per heavy atom. The van der Waals surface area contributed by atoms with Crippen LogP contribution in [0.1, 0.15) is 10.4 Å². The zero-order valence-electron chi connectivity index (χ0n) is 8.87.